The van der Waals surface area contributed by atoms with Crippen LogP contribution in [0, 0.1) is 0 Å². The van der Waals surface area contributed by atoms with Crippen LogP contribution in [0.25, 0.3) is 66.1 Å². The van der Waals surface area contributed by atoms with Gasteiger partial charge in [0.2, 0.25) is 0 Å². The number of nitrogens with zero attached hydrogens (tertiary/aromatic N) is 2. The summed E-state index contributed by atoms with van der Waals surface area (Å²) in [5.41, 5.74) is 11.2. The van der Waals surface area contributed by atoms with E-state index in [4.69, 9.17) is 0 Å². The third-order valence-electron chi connectivity index (χ3n) is 9.46. The Labute approximate surface area is 259 Å². The van der Waals surface area contributed by atoms with Crippen LogP contribution in [0.4, 0.5) is 0 Å². The van der Waals surface area contributed by atoms with E-state index < -0.39 is 0 Å². The molecule has 0 N–H and O–H groups in total. The van der Waals surface area contributed by atoms with Gasteiger partial charge in [0.05, 0.1) is 0 Å². The van der Waals surface area contributed by atoms with Gasteiger partial charge < -0.3 is 0 Å². The highest BCUT2D eigenvalue weighted by molar-refractivity contribution is 6.21. The molecule has 1 saturated carbocycles. The summed E-state index contributed by atoms with van der Waals surface area (Å²) >= 11 is 0. The van der Waals surface area contributed by atoms with Crippen molar-refractivity contribution in [3.63, 3.8) is 0 Å². The first kappa shape index (κ1) is 26.5. The predicted octanol–water partition coefficient (Wildman–Crippen LogP) is 11.5. The van der Waals surface area contributed by atoms with Gasteiger partial charge in [0.1, 0.15) is 0 Å². The molecule has 2 nitrogen and oxygen atoms in total. The Morgan fingerprint density at radius 1 is 0.409 bits per heavy atom. The summed E-state index contributed by atoms with van der Waals surface area (Å²) in [6.45, 7) is 0. The van der Waals surface area contributed by atoms with Crippen molar-refractivity contribution in [2.45, 2.75) is 38.0 Å². The molecule has 0 unspecified atom stereocenters. The molecular formula is C42H34N2. The fourth-order valence-corrected chi connectivity index (χ4v) is 7.23. The van der Waals surface area contributed by atoms with Gasteiger partial charge in [-0.2, -0.15) is 0 Å². The van der Waals surface area contributed by atoms with Crippen molar-refractivity contribution in [3.05, 3.63) is 146 Å². The molecule has 1 aliphatic carbocycles. The van der Waals surface area contributed by atoms with E-state index in [-0.39, 0.29) is 0 Å². The largest absolute Gasteiger partial charge is 0.264 e. The highest BCUT2D eigenvalue weighted by atomic mass is 14.6. The summed E-state index contributed by atoms with van der Waals surface area (Å²) in [6.07, 6.45) is 14.1. The molecule has 0 atom stereocenters. The molecule has 212 valence electrons. The van der Waals surface area contributed by atoms with E-state index in [0.29, 0.717) is 5.92 Å². The van der Waals surface area contributed by atoms with Crippen LogP contribution >= 0.6 is 0 Å². The van der Waals surface area contributed by atoms with E-state index in [9.17, 15) is 0 Å². The Bertz CT molecular complexity index is 2060. The summed E-state index contributed by atoms with van der Waals surface area (Å²) in [6, 6.07) is 42.6. The zero-order chi connectivity index (χ0) is 29.3. The van der Waals surface area contributed by atoms with Gasteiger partial charge in [-0.05, 0) is 103 Å². The molecule has 0 bridgehead atoms. The molecule has 0 spiro atoms. The number of aromatic nitrogens is 2. The number of pyridine rings is 2. The molecule has 44 heavy (non-hydrogen) atoms. The number of benzene rings is 5. The van der Waals surface area contributed by atoms with Gasteiger partial charge in [-0.3, -0.25) is 9.97 Å². The zero-order valence-corrected chi connectivity index (χ0v) is 24.8. The molecule has 0 saturated heterocycles. The minimum atomic E-state index is 0.641. The van der Waals surface area contributed by atoms with Crippen LogP contribution in [0.1, 0.15) is 43.6 Å². The van der Waals surface area contributed by atoms with Gasteiger partial charge in [0.15, 0.2) is 0 Å². The predicted molar refractivity (Wildman–Crippen MR) is 185 cm³/mol. The maximum absolute atomic E-state index is 4.34. The number of fused-ring (bicyclic) bond motifs is 2. The fraction of sp³-hybridized carbons (Fsp3) is 0.143. The van der Waals surface area contributed by atoms with Gasteiger partial charge in [-0.25, -0.2) is 0 Å². The number of hydrogen-bond donors (Lipinski definition) is 0. The Balaban J connectivity index is 1.35. The monoisotopic (exact) mass is 566 g/mol. The molecule has 2 heterocycles. The average Bonchev–Trinajstić information content (AvgIpc) is 3.12. The van der Waals surface area contributed by atoms with Gasteiger partial charge in [-0.15, -0.1) is 0 Å². The summed E-state index contributed by atoms with van der Waals surface area (Å²) in [5, 5.41) is 5.23. The highest BCUT2D eigenvalue weighted by Crippen LogP contribution is 2.46. The van der Waals surface area contributed by atoms with Crippen LogP contribution in [0.15, 0.2) is 140 Å². The SMILES string of the molecule is c1cncc(-c2ccc(-c3c4ccccc4c(-c4ccc(-c5cccnc5)cc4)c4cc(C5CCCCC5)ccc34)cc2)c1. The van der Waals surface area contributed by atoms with Crippen molar-refractivity contribution in [2.75, 3.05) is 0 Å². The molecule has 2 heteroatoms. The first-order valence-electron chi connectivity index (χ1n) is 15.8. The molecule has 2 aromatic heterocycles. The molecule has 7 aromatic rings. The van der Waals surface area contributed by atoms with E-state index in [1.807, 2.05) is 36.9 Å². The minimum absolute atomic E-state index is 0.641. The Morgan fingerprint density at radius 2 is 0.909 bits per heavy atom. The van der Waals surface area contributed by atoms with Crippen LogP contribution in [0.2, 0.25) is 0 Å². The number of hydrogen-bond acceptors (Lipinski definition) is 2. The lowest BCUT2D eigenvalue weighted by Gasteiger charge is -2.24. The Morgan fingerprint density at radius 3 is 1.43 bits per heavy atom. The van der Waals surface area contributed by atoms with Crippen LogP contribution in [0.5, 0.6) is 0 Å². The second-order valence-electron chi connectivity index (χ2n) is 12.1. The van der Waals surface area contributed by atoms with Crippen LogP contribution in [0.3, 0.4) is 0 Å². The van der Waals surface area contributed by atoms with Crippen molar-refractivity contribution in [2.24, 2.45) is 0 Å². The first-order chi connectivity index (χ1) is 21.8. The summed E-state index contributed by atoms with van der Waals surface area (Å²) in [7, 11) is 0. The lowest BCUT2D eigenvalue weighted by Crippen LogP contribution is -2.04. The molecular weight excluding hydrogens is 532 g/mol. The van der Waals surface area contributed by atoms with Gasteiger partial charge >= 0.3 is 0 Å². The summed E-state index contributed by atoms with van der Waals surface area (Å²) in [5.74, 6) is 0.641. The average molecular weight is 567 g/mol. The zero-order valence-electron chi connectivity index (χ0n) is 24.8. The quantitative estimate of drug-likeness (QED) is 0.194. The molecule has 0 aliphatic heterocycles. The smallest absolute Gasteiger partial charge is 0.0346 e. The molecule has 8 rings (SSSR count). The van der Waals surface area contributed by atoms with Crippen LogP contribution in [-0.4, -0.2) is 9.97 Å². The van der Waals surface area contributed by atoms with Crippen LogP contribution in [-0.2, 0) is 0 Å². The van der Waals surface area contributed by atoms with E-state index in [2.05, 4.69) is 113 Å². The van der Waals surface area contributed by atoms with Crippen molar-refractivity contribution in [1.82, 2.24) is 9.97 Å². The van der Waals surface area contributed by atoms with E-state index in [0.717, 1.165) is 11.1 Å². The van der Waals surface area contributed by atoms with Crippen molar-refractivity contribution >= 4 is 21.5 Å². The summed E-state index contributed by atoms with van der Waals surface area (Å²) in [4.78, 5) is 8.66. The normalized spacial score (nSPS) is 13.8. The van der Waals surface area contributed by atoms with Crippen molar-refractivity contribution in [3.8, 4) is 44.5 Å². The van der Waals surface area contributed by atoms with Crippen LogP contribution < -0.4 is 0 Å². The van der Waals surface area contributed by atoms with E-state index in [1.54, 1.807) is 0 Å². The van der Waals surface area contributed by atoms with Gasteiger partial charge in [-0.1, -0.05) is 122 Å². The fourth-order valence-electron chi connectivity index (χ4n) is 7.23. The highest BCUT2D eigenvalue weighted by Gasteiger charge is 2.20. The van der Waals surface area contributed by atoms with E-state index >= 15 is 0 Å². The molecule has 0 amide bonds. The number of rotatable bonds is 5. The lowest BCUT2D eigenvalue weighted by atomic mass is 9.80. The maximum Gasteiger partial charge on any atom is 0.0346 e. The third-order valence-corrected chi connectivity index (χ3v) is 9.46. The minimum Gasteiger partial charge on any atom is -0.264 e. The standard InChI is InChI=1S/C42H34N2/c1-2-8-29(9-3-1)34-22-23-39-40(26-34)42(33-20-16-31(17-21-33)36-11-7-25-44-28-36)38-13-5-4-12-37(38)41(39)32-18-14-30(15-19-32)35-10-6-24-43-27-35/h4-7,10-29H,1-3,8-9H2. The topological polar surface area (TPSA) is 25.8 Å². The molecule has 5 aromatic carbocycles. The van der Waals surface area contributed by atoms with E-state index in [1.165, 1.54) is 92.6 Å². The first-order valence-corrected chi connectivity index (χ1v) is 15.8. The van der Waals surface area contributed by atoms with Gasteiger partial charge in [0, 0.05) is 24.8 Å². The maximum atomic E-state index is 4.34. The lowest BCUT2D eigenvalue weighted by molar-refractivity contribution is 0.444. The molecule has 0 radical (unpaired) electrons. The van der Waals surface area contributed by atoms with Crippen molar-refractivity contribution < 1.29 is 0 Å². The molecule has 1 fully saturated rings. The third kappa shape index (κ3) is 4.87. The summed E-state index contributed by atoms with van der Waals surface area (Å²) < 4.78 is 0. The Kier molecular flexibility index (Phi) is 6.96. The second-order valence-corrected chi connectivity index (χ2v) is 12.1. The molecule has 1 aliphatic rings. The Hall–Kier alpha value is -5.08. The van der Waals surface area contributed by atoms with Crippen molar-refractivity contribution in [1.29, 1.82) is 0 Å². The second kappa shape index (κ2) is 11.5. The van der Waals surface area contributed by atoms with Gasteiger partial charge in [0.25, 0.3) is 0 Å².